The molecule has 1 fully saturated rings. The number of carbonyl (C=O) groups is 4. The van der Waals surface area contributed by atoms with Gasteiger partial charge in [-0.3, -0.25) is 10.9 Å². The molecule has 0 aliphatic heterocycles. The van der Waals surface area contributed by atoms with Gasteiger partial charge in [0.15, 0.2) is 0 Å². The SMILES string of the molecule is C=CC(=O)OCCCCCCOc1ccc(C(=O)Oc2c(/C=N/Nc3nc4ccccc4s3)cc(C3CCC(OC(=O)c4ccc(OCCCCCCOC(=O)C=C)cc4)CC3)cc2/C=N/Nc2nc3ccccc3s2)cc1. The molecule has 1 aliphatic carbocycles. The highest BCUT2D eigenvalue weighted by Gasteiger charge is 2.27. The number of hydrazone groups is 2. The van der Waals surface area contributed by atoms with Crippen molar-refractivity contribution in [1.82, 2.24) is 9.97 Å². The molecule has 78 heavy (non-hydrogen) atoms. The molecular formula is C60H62N6O10S2. The number of para-hydroxylation sites is 2. The van der Waals surface area contributed by atoms with Crippen LogP contribution in [0, 0.1) is 0 Å². The van der Waals surface area contributed by atoms with E-state index in [2.05, 4.69) is 44.2 Å². The third-order valence-corrected chi connectivity index (χ3v) is 14.6. The lowest BCUT2D eigenvalue weighted by molar-refractivity contribution is -0.138. The molecule has 18 heteroatoms. The summed E-state index contributed by atoms with van der Waals surface area (Å²) in [7, 11) is 0. The fraction of sp³-hybridized carbons (Fsp3) is 0.300. The summed E-state index contributed by atoms with van der Waals surface area (Å²) in [6.45, 7) is 8.58. The number of nitrogens with zero attached hydrogens (tertiary/aromatic N) is 4. The molecule has 5 aromatic carbocycles. The van der Waals surface area contributed by atoms with E-state index in [0.717, 1.165) is 102 Å². The molecule has 2 heterocycles. The molecule has 0 atom stereocenters. The maximum absolute atomic E-state index is 14.1. The van der Waals surface area contributed by atoms with Crippen LogP contribution in [-0.4, -0.2) is 78.8 Å². The second-order valence-electron chi connectivity index (χ2n) is 18.3. The number of hydrogen-bond donors (Lipinski definition) is 2. The Kier molecular flexibility index (Phi) is 21.1. The highest BCUT2D eigenvalue weighted by atomic mass is 32.1. The third-order valence-electron chi connectivity index (χ3n) is 12.7. The Morgan fingerprint density at radius 2 is 1.01 bits per heavy atom. The molecule has 0 saturated heterocycles. The molecule has 0 amide bonds. The van der Waals surface area contributed by atoms with Gasteiger partial charge < -0.3 is 28.4 Å². The molecule has 2 N–H and O–H groups in total. The topological polar surface area (TPSA) is 198 Å². The number of esters is 4. The van der Waals surface area contributed by atoms with E-state index in [-0.39, 0.29) is 23.7 Å². The lowest BCUT2D eigenvalue weighted by Gasteiger charge is -2.29. The lowest BCUT2D eigenvalue weighted by Crippen LogP contribution is -2.24. The van der Waals surface area contributed by atoms with Crippen molar-refractivity contribution in [2.75, 3.05) is 37.3 Å². The minimum absolute atomic E-state index is 0.0687. The number of fused-ring (bicyclic) bond motifs is 2. The van der Waals surface area contributed by atoms with Crippen molar-refractivity contribution in [3.05, 3.63) is 162 Å². The Morgan fingerprint density at radius 3 is 1.47 bits per heavy atom. The normalized spacial score (nSPS) is 14.3. The average Bonchev–Trinajstić information content (AvgIpc) is 4.15. The number of unbranched alkanes of at least 4 members (excludes halogenated alkanes) is 6. The van der Waals surface area contributed by atoms with Gasteiger partial charge in [-0.1, -0.05) is 60.1 Å². The van der Waals surface area contributed by atoms with Gasteiger partial charge in [0.25, 0.3) is 0 Å². The molecule has 0 bridgehead atoms. The zero-order valence-corrected chi connectivity index (χ0v) is 44.9. The Balaban J connectivity index is 0.947. The van der Waals surface area contributed by atoms with E-state index in [1.807, 2.05) is 60.7 Å². The van der Waals surface area contributed by atoms with Crippen molar-refractivity contribution in [2.24, 2.45) is 10.2 Å². The number of thiazole rings is 2. The zero-order chi connectivity index (χ0) is 54.3. The molecule has 1 saturated carbocycles. The number of anilines is 2. The molecule has 404 valence electrons. The molecule has 0 radical (unpaired) electrons. The van der Waals surface area contributed by atoms with Gasteiger partial charge in [0.2, 0.25) is 10.3 Å². The first-order valence-electron chi connectivity index (χ1n) is 26.2. The summed E-state index contributed by atoms with van der Waals surface area (Å²) in [6.07, 6.45) is 14.9. The van der Waals surface area contributed by atoms with E-state index >= 15 is 0 Å². The highest BCUT2D eigenvalue weighted by molar-refractivity contribution is 7.22. The van der Waals surface area contributed by atoms with Gasteiger partial charge in [-0.05, 0) is 173 Å². The molecule has 0 spiro atoms. The molecule has 2 aromatic heterocycles. The van der Waals surface area contributed by atoms with Crippen LogP contribution in [0.2, 0.25) is 0 Å². The number of hydrogen-bond acceptors (Lipinski definition) is 18. The Labute approximate surface area is 461 Å². The van der Waals surface area contributed by atoms with Gasteiger partial charge in [0.05, 0.1) is 70.4 Å². The van der Waals surface area contributed by atoms with Crippen LogP contribution in [0.5, 0.6) is 17.2 Å². The maximum atomic E-state index is 14.1. The number of nitrogens with one attached hydrogen (secondary N) is 2. The third kappa shape index (κ3) is 16.9. The van der Waals surface area contributed by atoms with Gasteiger partial charge in [0.1, 0.15) is 23.4 Å². The fourth-order valence-corrected chi connectivity index (χ4v) is 10.2. The summed E-state index contributed by atoms with van der Waals surface area (Å²) >= 11 is 2.94. The maximum Gasteiger partial charge on any atom is 0.343 e. The highest BCUT2D eigenvalue weighted by Crippen LogP contribution is 2.38. The van der Waals surface area contributed by atoms with Crippen molar-refractivity contribution >= 4 is 89.7 Å². The van der Waals surface area contributed by atoms with Crippen molar-refractivity contribution in [2.45, 2.75) is 89.1 Å². The number of carbonyl (C=O) groups excluding carboxylic acids is 4. The lowest BCUT2D eigenvalue weighted by atomic mass is 9.81. The number of ether oxygens (including phenoxy) is 6. The van der Waals surface area contributed by atoms with Crippen LogP contribution in [0.25, 0.3) is 20.4 Å². The summed E-state index contributed by atoms with van der Waals surface area (Å²) in [5.74, 6) is -0.204. The Hall–Kier alpha value is -8.22. The van der Waals surface area contributed by atoms with Gasteiger partial charge in [0, 0.05) is 23.3 Å². The second-order valence-corrected chi connectivity index (χ2v) is 20.4. The molecule has 0 unspecified atom stereocenters. The summed E-state index contributed by atoms with van der Waals surface area (Å²) in [5.41, 5.74) is 10.6. The quantitative estimate of drug-likeness (QED) is 0.00854. The van der Waals surface area contributed by atoms with Crippen LogP contribution < -0.4 is 25.1 Å². The Bertz CT molecular complexity index is 3030. The van der Waals surface area contributed by atoms with Crippen LogP contribution in [-0.2, 0) is 23.8 Å². The summed E-state index contributed by atoms with van der Waals surface area (Å²) in [6, 6.07) is 33.5. The van der Waals surface area contributed by atoms with Gasteiger partial charge >= 0.3 is 23.9 Å². The van der Waals surface area contributed by atoms with E-state index in [9.17, 15) is 19.2 Å². The average molecular weight is 1090 g/mol. The first-order valence-corrected chi connectivity index (χ1v) is 27.8. The predicted molar refractivity (Wildman–Crippen MR) is 307 cm³/mol. The second kappa shape index (κ2) is 29.3. The minimum Gasteiger partial charge on any atom is -0.494 e. The van der Waals surface area contributed by atoms with Gasteiger partial charge in [-0.15, -0.1) is 0 Å². The first-order chi connectivity index (χ1) is 38.2. The van der Waals surface area contributed by atoms with Crippen molar-refractivity contribution in [3.8, 4) is 17.2 Å². The Morgan fingerprint density at radius 1 is 0.564 bits per heavy atom. The predicted octanol–water partition coefficient (Wildman–Crippen LogP) is 13.2. The summed E-state index contributed by atoms with van der Waals surface area (Å²) < 4.78 is 36.3. The molecule has 16 nitrogen and oxygen atoms in total. The number of rotatable bonds is 29. The fourth-order valence-electron chi connectivity index (χ4n) is 8.62. The minimum atomic E-state index is -0.590. The van der Waals surface area contributed by atoms with Gasteiger partial charge in [-0.2, -0.15) is 10.2 Å². The smallest absolute Gasteiger partial charge is 0.343 e. The monoisotopic (exact) mass is 1090 g/mol. The largest absolute Gasteiger partial charge is 0.494 e. The molecule has 1 aliphatic rings. The number of aromatic nitrogens is 2. The van der Waals surface area contributed by atoms with Gasteiger partial charge in [-0.25, -0.2) is 29.1 Å². The van der Waals surface area contributed by atoms with Crippen LogP contribution in [0.4, 0.5) is 10.3 Å². The van der Waals surface area contributed by atoms with Crippen LogP contribution >= 0.6 is 22.7 Å². The molecule has 8 rings (SSSR count). The molecule has 7 aromatic rings. The van der Waals surface area contributed by atoms with Crippen molar-refractivity contribution < 1.29 is 47.6 Å². The van der Waals surface area contributed by atoms with E-state index in [1.165, 1.54) is 22.7 Å². The van der Waals surface area contributed by atoms with E-state index < -0.39 is 17.9 Å². The standard InChI is InChI=1S/C60H62N6O10S2/c1-3-54(67)73-35-15-7-5-13-33-71-47-27-23-42(24-28-47)57(69)75-49-31-21-41(22-32-49)44-37-45(39-61-65-59-63-50-17-9-11-19-52(50)77-59)56(46(38-44)40-62-66-60-64-51-18-10-12-20-53(51)78-60)76-58(70)43-25-29-48(30-26-43)72-34-14-6-8-16-36-74-55(68)4-2/h3-4,9-12,17-20,23-30,37-41,49H,1-2,5-8,13-16,21-22,31-36H2,(H,63,65)(H,64,66)/b61-39+,62-40+. The van der Waals surface area contributed by atoms with Crippen LogP contribution in [0.15, 0.2) is 145 Å². The zero-order valence-electron chi connectivity index (χ0n) is 43.3. The first kappa shape index (κ1) is 56.0. The van der Waals surface area contributed by atoms with Crippen LogP contribution in [0.1, 0.15) is 120 Å². The number of benzene rings is 5. The van der Waals surface area contributed by atoms with E-state index in [0.29, 0.717) is 83.3 Å². The van der Waals surface area contributed by atoms with Crippen molar-refractivity contribution in [1.29, 1.82) is 0 Å². The van der Waals surface area contributed by atoms with E-state index in [4.69, 9.17) is 28.4 Å². The van der Waals surface area contributed by atoms with E-state index in [1.54, 1.807) is 61.0 Å². The van der Waals surface area contributed by atoms with Crippen LogP contribution in [0.3, 0.4) is 0 Å². The summed E-state index contributed by atoms with van der Waals surface area (Å²) in [5, 5.41) is 10.4. The van der Waals surface area contributed by atoms with Crippen molar-refractivity contribution in [3.63, 3.8) is 0 Å². The molecular weight excluding hydrogens is 1030 g/mol. The summed E-state index contributed by atoms with van der Waals surface area (Å²) in [4.78, 5) is 59.3.